The molecule has 0 saturated carbocycles. The lowest BCUT2D eigenvalue weighted by atomic mass is 9.93. The van der Waals surface area contributed by atoms with Crippen molar-refractivity contribution >= 4 is 39.0 Å². The van der Waals surface area contributed by atoms with E-state index < -0.39 is 0 Å². The highest BCUT2D eigenvalue weighted by atomic mass is 32.2. The Balaban J connectivity index is 1.05. The van der Waals surface area contributed by atoms with Gasteiger partial charge in [-0.15, -0.1) is 0 Å². The number of fused-ring (bicyclic) bond motifs is 5. The third-order valence-electron chi connectivity index (χ3n) is 9.87. The normalized spacial score (nSPS) is 18.1. The van der Waals surface area contributed by atoms with Crippen molar-refractivity contribution in [1.82, 2.24) is 0 Å². The highest BCUT2D eigenvalue weighted by Gasteiger charge is 2.31. The van der Waals surface area contributed by atoms with Crippen molar-refractivity contribution in [2.45, 2.75) is 32.1 Å². The summed E-state index contributed by atoms with van der Waals surface area (Å²) in [6.07, 6.45) is 19.8. The van der Waals surface area contributed by atoms with E-state index in [2.05, 4.69) is 152 Å². The van der Waals surface area contributed by atoms with Gasteiger partial charge in [0.2, 0.25) is 21.1 Å². The van der Waals surface area contributed by atoms with Crippen molar-refractivity contribution in [3.63, 3.8) is 0 Å². The highest BCUT2D eigenvalue weighted by Crippen LogP contribution is 2.52. The Kier molecular flexibility index (Phi) is 7.77. The molecule has 0 N–H and O–H groups in total. The Morgan fingerprint density at radius 2 is 1.33 bits per heavy atom. The third kappa shape index (κ3) is 5.60. The summed E-state index contributed by atoms with van der Waals surface area (Å²) >= 11 is 3.86. The van der Waals surface area contributed by atoms with Crippen molar-refractivity contribution < 1.29 is 0 Å². The zero-order chi connectivity index (χ0) is 31.9. The largest absolute Gasteiger partial charge is 0.243 e. The molecule has 0 amide bonds. The van der Waals surface area contributed by atoms with Crippen LogP contribution in [0.15, 0.2) is 168 Å². The molecule has 0 nitrogen and oxygen atoms in total. The minimum absolute atomic E-state index is 1.01. The molecule has 0 fully saturated rings. The minimum atomic E-state index is 1.01. The van der Waals surface area contributed by atoms with Gasteiger partial charge in [0.05, 0.1) is 0 Å². The van der Waals surface area contributed by atoms with Gasteiger partial charge in [0.15, 0.2) is 0 Å². The number of hydrogen-bond acceptors (Lipinski definition) is 1. The average molecular weight is 652 g/mol. The Morgan fingerprint density at radius 3 is 2.15 bits per heavy atom. The highest BCUT2D eigenvalue weighted by molar-refractivity contribution is 8.16. The first-order valence-corrected chi connectivity index (χ1v) is 18.6. The molecule has 4 aromatic carbocycles. The molecule has 1 aromatic heterocycles. The summed E-state index contributed by atoms with van der Waals surface area (Å²) in [5.41, 5.74) is 16.7. The summed E-state index contributed by atoms with van der Waals surface area (Å²) in [5, 5.41) is 0. The molecule has 5 aromatic rings. The molecule has 0 radical (unpaired) electrons. The van der Waals surface area contributed by atoms with Crippen LogP contribution in [0, 0.1) is 0 Å². The maximum absolute atomic E-state index is 2.44. The SMILES string of the molecule is C1=C(/C=C/c2cc(-c3ccccc3)[s+]c3c2Cc2ccccc2-3)CCC/C1=C\C=C1/C=C(c2ccccc2)SC2=C1Cc1ccccc12. The molecule has 0 spiro atoms. The van der Waals surface area contributed by atoms with Crippen molar-refractivity contribution in [3.8, 4) is 20.9 Å². The summed E-state index contributed by atoms with van der Waals surface area (Å²) < 4.78 is 0. The van der Waals surface area contributed by atoms with Crippen molar-refractivity contribution in [3.05, 3.63) is 201 Å². The Hall–Kier alpha value is -4.76. The van der Waals surface area contributed by atoms with E-state index >= 15 is 0 Å². The summed E-state index contributed by atoms with van der Waals surface area (Å²) in [7, 11) is 0. The first-order chi connectivity index (χ1) is 23.8. The maximum Gasteiger partial charge on any atom is 0.243 e. The van der Waals surface area contributed by atoms with Gasteiger partial charge in [0.1, 0.15) is 0 Å². The van der Waals surface area contributed by atoms with Gasteiger partial charge < -0.3 is 0 Å². The van der Waals surface area contributed by atoms with Gasteiger partial charge in [-0.3, -0.25) is 0 Å². The van der Waals surface area contributed by atoms with E-state index in [9.17, 15) is 0 Å². The van der Waals surface area contributed by atoms with E-state index in [1.165, 1.54) is 92.8 Å². The molecule has 0 saturated heterocycles. The van der Waals surface area contributed by atoms with Crippen LogP contribution < -0.4 is 0 Å². The second kappa shape index (κ2) is 12.7. The number of thioether (sulfide) groups is 1. The molecule has 0 unspecified atom stereocenters. The monoisotopic (exact) mass is 651 g/mol. The predicted molar refractivity (Wildman–Crippen MR) is 209 cm³/mol. The smallest absolute Gasteiger partial charge is 0.0885 e. The molecule has 2 heteroatoms. The molecule has 230 valence electrons. The quantitative estimate of drug-likeness (QED) is 0.167. The molecule has 0 atom stereocenters. The van der Waals surface area contributed by atoms with Crippen molar-refractivity contribution in [2.75, 3.05) is 0 Å². The lowest BCUT2D eigenvalue weighted by Gasteiger charge is -2.19. The van der Waals surface area contributed by atoms with Gasteiger partial charge in [0.25, 0.3) is 0 Å². The van der Waals surface area contributed by atoms with Gasteiger partial charge in [-0.25, -0.2) is 0 Å². The van der Waals surface area contributed by atoms with E-state index in [0.29, 0.717) is 0 Å². The lowest BCUT2D eigenvalue weighted by molar-refractivity contribution is 0.798. The van der Waals surface area contributed by atoms with Gasteiger partial charge >= 0.3 is 0 Å². The maximum atomic E-state index is 2.44. The zero-order valence-corrected chi connectivity index (χ0v) is 28.4. The number of rotatable bonds is 5. The molecule has 1 aliphatic heterocycles. The van der Waals surface area contributed by atoms with Crippen LogP contribution in [0.5, 0.6) is 0 Å². The fraction of sp³-hybridized carbons (Fsp3) is 0.109. The minimum Gasteiger partial charge on any atom is -0.0885 e. The van der Waals surface area contributed by atoms with Crippen LogP contribution in [0.1, 0.15) is 52.6 Å². The van der Waals surface area contributed by atoms with Crippen LogP contribution in [-0.2, 0) is 12.8 Å². The molecular weight excluding hydrogens is 617 g/mol. The van der Waals surface area contributed by atoms with E-state index in [-0.39, 0.29) is 0 Å². The Morgan fingerprint density at radius 1 is 0.625 bits per heavy atom. The second-order valence-corrected chi connectivity index (χ2v) is 15.1. The standard InChI is InChI=1S/C46H35S2/c1-3-14-33(15-4-1)43-29-37(41-27-35-18-7-9-20-39(35)45(41)47-43)24-22-31-12-11-13-32(26-31)23-25-38-30-44(34-16-5-2-6-17-34)48-46-40-21-10-8-19-36(40)28-42(38)46/h1-10,14-26,29-30H,11-13,27-28H2/q+1. The molecule has 0 bridgehead atoms. The Bertz CT molecular complexity index is 2260. The fourth-order valence-electron chi connectivity index (χ4n) is 7.42. The zero-order valence-electron chi connectivity index (χ0n) is 26.8. The first kappa shape index (κ1) is 29.4. The van der Waals surface area contributed by atoms with Crippen LogP contribution in [0.3, 0.4) is 0 Å². The van der Waals surface area contributed by atoms with Gasteiger partial charge in [0, 0.05) is 39.0 Å². The van der Waals surface area contributed by atoms with Crippen LogP contribution in [0.25, 0.3) is 36.8 Å². The molecule has 9 rings (SSSR count). The van der Waals surface area contributed by atoms with Crippen molar-refractivity contribution in [2.24, 2.45) is 0 Å². The van der Waals surface area contributed by atoms with Gasteiger partial charge in [-0.1, -0.05) is 133 Å². The van der Waals surface area contributed by atoms with E-state index in [1.54, 1.807) is 0 Å². The fourth-order valence-corrected chi connectivity index (χ4v) is 9.98. The third-order valence-corrected chi connectivity index (χ3v) is 12.4. The first-order valence-electron chi connectivity index (χ1n) is 17.0. The topological polar surface area (TPSA) is 0 Å². The predicted octanol–water partition coefficient (Wildman–Crippen LogP) is 13.0. The number of hydrogen-bond donors (Lipinski definition) is 0. The van der Waals surface area contributed by atoms with Gasteiger partial charge in [-0.05, 0) is 100 Å². The molecule has 4 aliphatic rings. The van der Waals surface area contributed by atoms with E-state index in [0.717, 1.165) is 25.7 Å². The second-order valence-electron chi connectivity index (χ2n) is 13.0. The lowest BCUT2D eigenvalue weighted by Crippen LogP contribution is -1.96. The number of allylic oxidation sites excluding steroid dienone is 9. The molecule has 2 heterocycles. The van der Waals surface area contributed by atoms with Crippen molar-refractivity contribution in [1.29, 1.82) is 0 Å². The van der Waals surface area contributed by atoms with Crippen LogP contribution in [-0.4, -0.2) is 0 Å². The summed E-state index contributed by atoms with van der Waals surface area (Å²) in [6.45, 7) is 0. The van der Waals surface area contributed by atoms with Crippen LogP contribution in [0.4, 0.5) is 0 Å². The van der Waals surface area contributed by atoms with Crippen LogP contribution >= 0.6 is 23.1 Å². The van der Waals surface area contributed by atoms with E-state index in [1.807, 2.05) is 23.1 Å². The summed E-state index contributed by atoms with van der Waals surface area (Å²) in [4.78, 5) is 5.50. The van der Waals surface area contributed by atoms with E-state index in [4.69, 9.17) is 0 Å². The van der Waals surface area contributed by atoms with Crippen LogP contribution in [0.2, 0.25) is 0 Å². The van der Waals surface area contributed by atoms with Gasteiger partial charge in [-0.2, -0.15) is 0 Å². The molecule has 3 aliphatic carbocycles. The summed E-state index contributed by atoms with van der Waals surface area (Å²) in [6, 6.07) is 42.0. The molecular formula is C46H35S2+. The average Bonchev–Trinajstić information content (AvgIpc) is 3.72. The summed E-state index contributed by atoms with van der Waals surface area (Å²) in [5.74, 6) is 0. The molecule has 48 heavy (non-hydrogen) atoms. The Labute approximate surface area is 291 Å². The number of benzene rings is 4.